The van der Waals surface area contributed by atoms with E-state index in [4.69, 9.17) is 10.1 Å². The topological polar surface area (TPSA) is 100.0 Å². The Morgan fingerprint density at radius 3 is 2.52 bits per heavy atom. The number of benzene rings is 2. The molecule has 3 N–H and O–H groups in total. The first-order chi connectivity index (χ1) is 12.1. The van der Waals surface area contributed by atoms with Crippen LogP contribution in [-0.2, 0) is 0 Å². The lowest BCUT2D eigenvalue weighted by Gasteiger charge is -2.10. The van der Waals surface area contributed by atoms with Crippen LogP contribution >= 0.6 is 0 Å². The average molecular weight is 335 g/mol. The van der Waals surface area contributed by atoms with Crippen LogP contribution < -0.4 is 15.4 Å². The minimum atomic E-state index is -0.405. The van der Waals surface area contributed by atoms with Crippen LogP contribution in [0.15, 0.2) is 48.5 Å². The largest absolute Gasteiger partial charge is 0.497 e. The number of methoxy groups -OCH3 is 1. The molecular weight excluding hydrogens is 318 g/mol. The molecule has 126 valence electrons. The summed E-state index contributed by atoms with van der Waals surface area (Å²) in [6.07, 6.45) is 0. The van der Waals surface area contributed by atoms with Crippen molar-refractivity contribution in [3.8, 4) is 5.75 Å². The number of hydrogen-bond acceptors (Lipinski definition) is 5. The third-order valence-corrected chi connectivity index (χ3v) is 3.62. The number of aryl methyl sites for hydroxylation is 1. The molecule has 0 aliphatic heterocycles. The maximum atomic E-state index is 12.2. The van der Waals surface area contributed by atoms with Gasteiger partial charge >= 0.3 is 0 Å². The molecule has 0 atom stereocenters. The smallest absolute Gasteiger partial charge is 0.257 e. The number of rotatable bonds is 3. The van der Waals surface area contributed by atoms with E-state index in [1.165, 1.54) is 0 Å². The summed E-state index contributed by atoms with van der Waals surface area (Å²) in [6, 6.07) is 14.2. The van der Waals surface area contributed by atoms with E-state index in [1.54, 1.807) is 31.4 Å². The molecule has 0 unspecified atom stereocenters. The highest BCUT2D eigenvalue weighted by atomic mass is 16.5. The molecule has 0 fully saturated rings. The van der Waals surface area contributed by atoms with Crippen molar-refractivity contribution in [3.05, 3.63) is 59.8 Å². The Kier molecular flexibility index (Phi) is 4.56. The van der Waals surface area contributed by atoms with Gasteiger partial charge in [0.05, 0.1) is 18.3 Å². The Morgan fingerprint density at radius 1 is 1.08 bits per heavy atom. The standard InChI is InChI=1S/C18H17N5O2/c1-11-14-5-3-4-6-15(14)21-18(20-11)23-17(19)22-16(24)12-7-9-13(25-2)10-8-12/h3-10H,1-2H3,(H3,19,20,21,22,23,24). The second kappa shape index (κ2) is 6.96. The van der Waals surface area contributed by atoms with Gasteiger partial charge in [0.2, 0.25) is 11.9 Å². The molecule has 25 heavy (non-hydrogen) atoms. The third-order valence-electron chi connectivity index (χ3n) is 3.62. The van der Waals surface area contributed by atoms with E-state index in [0.717, 1.165) is 16.6 Å². The predicted octanol–water partition coefficient (Wildman–Crippen LogP) is 2.72. The summed E-state index contributed by atoms with van der Waals surface area (Å²) in [4.78, 5) is 20.8. The number of amides is 1. The Balaban J connectivity index is 1.70. The van der Waals surface area contributed by atoms with Crippen LogP contribution in [0.3, 0.4) is 0 Å². The summed E-state index contributed by atoms with van der Waals surface area (Å²) < 4.78 is 5.05. The van der Waals surface area contributed by atoms with E-state index >= 15 is 0 Å². The second-order valence-electron chi connectivity index (χ2n) is 5.33. The lowest BCUT2D eigenvalue weighted by molar-refractivity contribution is 0.0977. The Bertz CT molecular complexity index is 938. The van der Waals surface area contributed by atoms with Gasteiger partial charge in [-0.3, -0.25) is 20.8 Å². The van der Waals surface area contributed by atoms with Crippen LogP contribution in [0.2, 0.25) is 0 Å². The SMILES string of the molecule is COc1ccc(C(=O)NC(=N)Nc2nc(C)c3ccccc3n2)cc1. The fourth-order valence-electron chi connectivity index (χ4n) is 2.36. The number of para-hydroxylation sites is 1. The number of nitrogens with one attached hydrogen (secondary N) is 3. The Hall–Kier alpha value is -3.48. The zero-order chi connectivity index (χ0) is 17.8. The van der Waals surface area contributed by atoms with Crippen molar-refractivity contribution in [1.29, 1.82) is 5.41 Å². The maximum absolute atomic E-state index is 12.2. The van der Waals surface area contributed by atoms with Gasteiger partial charge in [-0.05, 0) is 37.3 Å². The molecule has 1 amide bonds. The molecule has 3 rings (SSSR count). The molecule has 7 heteroatoms. The van der Waals surface area contributed by atoms with Gasteiger partial charge in [0.15, 0.2) is 0 Å². The zero-order valence-corrected chi connectivity index (χ0v) is 13.8. The normalized spacial score (nSPS) is 10.3. The fourth-order valence-corrected chi connectivity index (χ4v) is 2.36. The Labute approximate surface area is 144 Å². The molecule has 0 bridgehead atoms. The van der Waals surface area contributed by atoms with Crippen molar-refractivity contribution in [1.82, 2.24) is 15.3 Å². The van der Waals surface area contributed by atoms with Crippen LogP contribution in [0.5, 0.6) is 5.75 Å². The van der Waals surface area contributed by atoms with Crippen LogP contribution in [0.4, 0.5) is 5.95 Å². The number of carbonyl (C=O) groups is 1. The Morgan fingerprint density at radius 2 is 1.80 bits per heavy atom. The molecule has 2 aromatic carbocycles. The van der Waals surface area contributed by atoms with Crippen molar-refractivity contribution in [3.63, 3.8) is 0 Å². The van der Waals surface area contributed by atoms with Gasteiger partial charge in [0.1, 0.15) is 5.75 Å². The van der Waals surface area contributed by atoms with Gasteiger partial charge in [-0.15, -0.1) is 0 Å². The molecule has 0 saturated heterocycles. The maximum Gasteiger partial charge on any atom is 0.257 e. The number of carbonyl (C=O) groups excluding carboxylic acids is 1. The van der Waals surface area contributed by atoms with Gasteiger partial charge in [-0.2, -0.15) is 0 Å². The summed E-state index contributed by atoms with van der Waals surface area (Å²) in [5.41, 5.74) is 1.98. The molecule has 1 heterocycles. The predicted molar refractivity (Wildman–Crippen MR) is 96.1 cm³/mol. The third kappa shape index (κ3) is 3.72. The van der Waals surface area contributed by atoms with E-state index in [1.807, 2.05) is 31.2 Å². The average Bonchev–Trinajstić information content (AvgIpc) is 2.61. The molecule has 0 radical (unpaired) electrons. The lowest BCUT2D eigenvalue weighted by Crippen LogP contribution is -2.35. The van der Waals surface area contributed by atoms with Crippen molar-refractivity contribution in [2.75, 3.05) is 12.4 Å². The second-order valence-corrected chi connectivity index (χ2v) is 5.33. The number of guanidine groups is 1. The van der Waals surface area contributed by atoms with Gasteiger partial charge in [-0.25, -0.2) is 9.97 Å². The summed E-state index contributed by atoms with van der Waals surface area (Å²) in [6.45, 7) is 1.87. The van der Waals surface area contributed by atoms with Crippen molar-refractivity contribution in [2.24, 2.45) is 0 Å². The van der Waals surface area contributed by atoms with E-state index in [0.29, 0.717) is 11.3 Å². The van der Waals surface area contributed by atoms with Crippen LogP contribution in [0.25, 0.3) is 10.9 Å². The molecule has 7 nitrogen and oxygen atoms in total. The van der Waals surface area contributed by atoms with Crippen LogP contribution in [0, 0.1) is 12.3 Å². The zero-order valence-electron chi connectivity index (χ0n) is 13.8. The number of anilines is 1. The summed E-state index contributed by atoms with van der Waals surface area (Å²) >= 11 is 0. The summed E-state index contributed by atoms with van der Waals surface area (Å²) in [7, 11) is 1.56. The van der Waals surface area contributed by atoms with Crippen molar-refractivity contribution < 1.29 is 9.53 Å². The fraction of sp³-hybridized carbons (Fsp3) is 0.111. The van der Waals surface area contributed by atoms with Crippen molar-refractivity contribution >= 4 is 28.7 Å². The van der Waals surface area contributed by atoms with Crippen LogP contribution in [-0.4, -0.2) is 28.9 Å². The number of hydrogen-bond donors (Lipinski definition) is 3. The first-order valence-corrected chi connectivity index (χ1v) is 7.61. The van der Waals surface area contributed by atoms with Gasteiger partial charge < -0.3 is 4.74 Å². The monoisotopic (exact) mass is 335 g/mol. The first-order valence-electron chi connectivity index (χ1n) is 7.61. The number of fused-ring (bicyclic) bond motifs is 1. The van der Waals surface area contributed by atoms with Gasteiger partial charge in [0.25, 0.3) is 5.91 Å². The molecular formula is C18H17N5O2. The first kappa shape index (κ1) is 16.4. The van der Waals surface area contributed by atoms with E-state index in [-0.39, 0.29) is 11.9 Å². The number of aromatic nitrogens is 2. The van der Waals surface area contributed by atoms with Gasteiger partial charge in [0, 0.05) is 10.9 Å². The lowest BCUT2D eigenvalue weighted by atomic mass is 10.2. The molecule has 0 spiro atoms. The van der Waals surface area contributed by atoms with E-state index in [2.05, 4.69) is 20.6 Å². The molecule has 1 aromatic heterocycles. The highest BCUT2D eigenvalue weighted by molar-refractivity contribution is 6.08. The minimum Gasteiger partial charge on any atom is -0.497 e. The van der Waals surface area contributed by atoms with Gasteiger partial charge in [-0.1, -0.05) is 18.2 Å². The molecule has 0 saturated carbocycles. The molecule has 3 aromatic rings. The highest BCUT2D eigenvalue weighted by Gasteiger charge is 2.10. The summed E-state index contributed by atoms with van der Waals surface area (Å²) in [5.74, 6) is 0.314. The summed E-state index contributed by atoms with van der Waals surface area (Å²) in [5, 5.41) is 14.0. The number of nitrogens with zero attached hydrogens (tertiary/aromatic N) is 2. The van der Waals surface area contributed by atoms with Crippen molar-refractivity contribution in [2.45, 2.75) is 6.92 Å². The quantitative estimate of drug-likeness (QED) is 0.505. The minimum absolute atomic E-state index is 0.199. The highest BCUT2D eigenvalue weighted by Crippen LogP contribution is 2.16. The molecule has 0 aliphatic carbocycles. The van der Waals surface area contributed by atoms with E-state index < -0.39 is 5.91 Å². The van der Waals surface area contributed by atoms with E-state index in [9.17, 15) is 4.79 Å². The number of ether oxygens (including phenoxy) is 1. The molecule has 0 aliphatic rings. The van der Waals surface area contributed by atoms with Crippen LogP contribution in [0.1, 0.15) is 16.1 Å².